The van der Waals surface area contributed by atoms with E-state index >= 15 is 0 Å². The van der Waals surface area contributed by atoms with Gasteiger partial charge in [-0.15, -0.1) is 0 Å². The van der Waals surface area contributed by atoms with Gasteiger partial charge in [0.25, 0.3) is 0 Å². The molecule has 112 valence electrons. The van der Waals surface area contributed by atoms with Crippen molar-refractivity contribution in [1.29, 1.82) is 0 Å². The van der Waals surface area contributed by atoms with Crippen molar-refractivity contribution in [3.63, 3.8) is 0 Å². The third-order valence-electron chi connectivity index (χ3n) is 3.28. The van der Waals surface area contributed by atoms with Crippen LogP contribution in [0.5, 0.6) is 0 Å². The maximum Gasteiger partial charge on any atom is 0.134 e. The highest BCUT2D eigenvalue weighted by molar-refractivity contribution is 6.35. The Morgan fingerprint density at radius 1 is 0.818 bits per heavy atom. The summed E-state index contributed by atoms with van der Waals surface area (Å²) in [5.74, 6) is 1.64. The van der Waals surface area contributed by atoms with Crippen LogP contribution in [0.25, 0.3) is 11.3 Å². The van der Waals surface area contributed by atoms with Crippen molar-refractivity contribution in [3.8, 4) is 11.3 Å². The van der Waals surface area contributed by atoms with Gasteiger partial charge >= 0.3 is 0 Å². The maximum absolute atomic E-state index is 6.02. The first-order valence-corrected chi connectivity index (χ1v) is 7.76. The lowest BCUT2D eigenvalue weighted by molar-refractivity contribution is 0.493. The molecule has 0 saturated carbocycles. The Bertz CT molecular complexity index is 733. The van der Waals surface area contributed by atoms with Gasteiger partial charge in [0.05, 0.1) is 6.54 Å². The number of rotatable bonds is 5. The first-order chi connectivity index (χ1) is 10.7. The van der Waals surface area contributed by atoms with E-state index in [4.69, 9.17) is 27.6 Å². The van der Waals surface area contributed by atoms with Gasteiger partial charge in [0.1, 0.15) is 11.5 Å². The summed E-state index contributed by atoms with van der Waals surface area (Å²) in [7, 11) is 0. The molecule has 0 aliphatic heterocycles. The molecule has 2 aromatic carbocycles. The van der Waals surface area contributed by atoms with E-state index in [-0.39, 0.29) is 0 Å². The SMILES string of the molecule is Clc1cc(Cl)cc(-c2ccc(CNCc3ccccc3)o2)c1. The zero-order valence-corrected chi connectivity index (χ0v) is 13.4. The highest BCUT2D eigenvalue weighted by atomic mass is 35.5. The number of halogens is 2. The van der Waals surface area contributed by atoms with E-state index < -0.39 is 0 Å². The van der Waals surface area contributed by atoms with Crippen LogP contribution in [0, 0.1) is 0 Å². The van der Waals surface area contributed by atoms with E-state index in [2.05, 4.69) is 17.4 Å². The predicted molar refractivity (Wildman–Crippen MR) is 91.1 cm³/mol. The van der Waals surface area contributed by atoms with Crippen molar-refractivity contribution in [2.24, 2.45) is 0 Å². The summed E-state index contributed by atoms with van der Waals surface area (Å²) in [6.45, 7) is 1.48. The summed E-state index contributed by atoms with van der Waals surface area (Å²) in [5.41, 5.74) is 2.13. The fourth-order valence-electron chi connectivity index (χ4n) is 2.25. The highest BCUT2D eigenvalue weighted by Gasteiger charge is 2.07. The fraction of sp³-hybridized carbons (Fsp3) is 0.111. The van der Waals surface area contributed by atoms with E-state index in [1.54, 1.807) is 6.07 Å². The van der Waals surface area contributed by atoms with Crippen LogP contribution in [0.2, 0.25) is 10.0 Å². The molecule has 3 rings (SSSR count). The molecule has 22 heavy (non-hydrogen) atoms. The standard InChI is InChI=1S/C18H15Cl2NO/c19-15-8-14(9-16(20)10-15)18-7-6-17(22-18)12-21-11-13-4-2-1-3-5-13/h1-10,21H,11-12H2. The third-order valence-corrected chi connectivity index (χ3v) is 3.72. The van der Waals surface area contributed by atoms with Crippen LogP contribution in [0.1, 0.15) is 11.3 Å². The van der Waals surface area contributed by atoms with Crippen LogP contribution in [0.15, 0.2) is 65.1 Å². The summed E-state index contributed by atoms with van der Waals surface area (Å²) in [4.78, 5) is 0. The van der Waals surface area contributed by atoms with Crippen LogP contribution >= 0.6 is 23.2 Å². The summed E-state index contributed by atoms with van der Waals surface area (Å²) in [6.07, 6.45) is 0. The molecule has 0 unspecified atom stereocenters. The van der Waals surface area contributed by atoms with Gasteiger partial charge in [0.2, 0.25) is 0 Å². The molecular formula is C18H15Cl2NO. The third kappa shape index (κ3) is 3.92. The topological polar surface area (TPSA) is 25.2 Å². The Labute approximate surface area is 139 Å². The second-order valence-corrected chi connectivity index (χ2v) is 5.89. The molecule has 1 heterocycles. The minimum Gasteiger partial charge on any atom is -0.460 e. The molecule has 0 saturated heterocycles. The van der Waals surface area contributed by atoms with Gasteiger partial charge in [-0.1, -0.05) is 53.5 Å². The van der Waals surface area contributed by atoms with Crippen molar-refractivity contribution in [2.75, 3.05) is 0 Å². The maximum atomic E-state index is 6.02. The van der Waals surface area contributed by atoms with Crippen molar-refractivity contribution >= 4 is 23.2 Å². The van der Waals surface area contributed by atoms with Crippen molar-refractivity contribution in [2.45, 2.75) is 13.1 Å². The van der Waals surface area contributed by atoms with E-state index in [1.807, 2.05) is 42.5 Å². The Morgan fingerprint density at radius 2 is 1.55 bits per heavy atom. The molecule has 0 spiro atoms. The summed E-state index contributed by atoms with van der Waals surface area (Å²) in [6, 6.07) is 19.5. The van der Waals surface area contributed by atoms with Crippen LogP contribution in [-0.4, -0.2) is 0 Å². The second kappa shape index (κ2) is 7.01. The quantitative estimate of drug-likeness (QED) is 0.663. The molecule has 0 aliphatic rings. The first-order valence-electron chi connectivity index (χ1n) is 7.00. The van der Waals surface area contributed by atoms with Gasteiger partial charge in [-0.25, -0.2) is 0 Å². The Balaban J connectivity index is 1.64. The molecule has 0 bridgehead atoms. The largest absolute Gasteiger partial charge is 0.460 e. The predicted octanol–water partition coefficient (Wildman–Crippen LogP) is 5.54. The minimum absolute atomic E-state index is 0.600. The van der Waals surface area contributed by atoms with Crippen LogP contribution in [0.4, 0.5) is 0 Å². The number of nitrogens with one attached hydrogen (secondary N) is 1. The smallest absolute Gasteiger partial charge is 0.134 e. The molecule has 3 aromatic rings. The number of furan rings is 1. The number of benzene rings is 2. The lowest BCUT2D eigenvalue weighted by Crippen LogP contribution is -2.11. The van der Waals surface area contributed by atoms with Crippen LogP contribution < -0.4 is 5.32 Å². The van der Waals surface area contributed by atoms with Crippen molar-refractivity contribution in [3.05, 3.63) is 82.0 Å². The molecule has 0 atom stereocenters. The molecule has 1 aromatic heterocycles. The normalized spacial score (nSPS) is 10.8. The average molecular weight is 332 g/mol. The Morgan fingerprint density at radius 3 is 2.27 bits per heavy atom. The summed E-state index contributed by atoms with van der Waals surface area (Å²) in [5, 5.41) is 4.56. The van der Waals surface area contributed by atoms with Crippen LogP contribution in [-0.2, 0) is 13.1 Å². The van der Waals surface area contributed by atoms with Gasteiger partial charge in [-0.3, -0.25) is 0 Å². The second-order valence-electron chi connectivity index (χ2n) is 5.01. The fourth-order valence-corrected chi connectivity index (χ4v) is 2.78. The van der Waals surface area contributed by atoms with Gasteiger partial charge in [0.15, 0.2) is 0 Å². The van der Waals surface area contributed by atoms with Crippen molar-refractivity contribution < 1.29 is 4.42 Å². The van der Waals surface area contributed by atoms with Gasteiger partial charge in [0, 0.05) is 22.2 Å². The van der Waals surface area contributed by atoms with E-state index in [0.29, 0.717) is 16.6 Å². The van der Waals surface area contributed by atoms with Gasteiger partial charge in [-0.2, -0.15) is 0 Å². The molecule has 0 radical (unpaired) electrons. The lowest BCUT2D eigenvalue weighted by atomic mass is 10.2. The van der Waals surface area contributed by atoms with E-state index in [0.717, 1.165) is 23.6 Å². The molecule has 0 amide bonds. The monoisotopic (exact) mass is 331 g/mol. The number of hydrogen-bond acceptors (Lipinski definition) is 2. The van der Waals surface area contributed by atoms with E-state index in [9.17, 15) is 0 Å². The lowest BCUT2D eigenvalue weighted by Gasteiger charge is -2.03. The molecule has 0 fully saturated rings. The van der Waals surface area contributed by atoms with E-state index in [1.165, 1.54) is 5.56 Å². The zero-order chi connectivity index (χ0) is 15.4. The minimum atomic E-state index is 0.600. The molecule has 0 aliphatic carbocycles. The Kier molecular flexibility index (Phi) is 4.84. The molecule has 4 heteroatoms. The Hall–Kier alpha value is -1.74. The van der Waals surface area contributed by atoms with Crippen molar-refractivity contribution in [1.82, 2.24) is 5.32 Å². The molecule has 2 nitrogen and oxygen atoms in total. The van der Waals surface area contributed by atoms with Gasteiger partial charge < -0.3 is 9.73 Å². The van der Waals surface area contributed by atoms with Gasteiger partial charge in [-0.05, 0) is 35.9 Å². The highest BCUT2D eigenvalue weighted by Crippen LogP contribution is 2.28. The van der Waals surface area contributed by atoms with Crippen LogP contribution in [0.3, 0.4) is 0 Å². The summed E-state index contributed by atoms with van der Waals surface area (Å²) >= 11 is 12.0. The molecular weight excluding hydrogens is 317 g/mol. The first kappa shape index (κ1) is 15.2. The number of hydrogen-bond donors (Lipinski definition) is 1. The molecule has 1 N–H and O–H groups in total. The average Bonchev–Trinajstić information content (AvgIpc) is 2.96. The summed E-state index contributed by atoms with van der Waals surface area (Å²) < 4.78 is 5.84. The zero-order valence-electron chi connectivity index (χ0n) is 11.9.